The van der Waals surface area contributed by atoms with E-state index in [1.165, 1.54) is 5.56 Å². The van der Waals surface area contributed by atoms with Gasteiger partial charge >= 0.3 is 0 Å². The van der Waals surface area contributed by atoms with E-state index in [-0.39, 0.29) is 11.9 Å². The van der Waals surface area contributed by atoms with Crippen molar-refractivity contribution < 1.29 is 19.0 Å². The molecule has 1 aliphatic heterocycles. The van der Waals surface area contributed by atoms with E-state index in [1.807, 2.05) is 48.5 Å². The molecule has 0 radical (unpaired) electrons. The Kier molecular flexibility index (Phi) is 6.72. The molecule has 1 amide bonds. The zero-order chi connectivity index (χ0) is 21.5. The summed E-state index contributed by atoms with van der Waals surface area (Å²) in [6.07, 6.45) is 2.45. The predicted molar refractivity (Wildman–Crippen MR) is 120 cm³/mol. The van der Waals surface area contributed by atoms with E-state index in [2.05, 4.69) is 17.4 Å². The number of rotatable bonds is 7. The summed E-state index contributed by atoms with van der Waals surface area (Å²) in [4.78, 5) is 13.1. The SMILES string of the molecule is COc1ccccc1C(=O)NC(CCc1ccccc1)c1ccc2c(c1)OCCCO2. The van der Waals surface area contributed by atoms with Gasteiger partial charge in [-0.1, -0.05) is 48.5 Å². The quantitative estimate of drug-likeness (QED) is 0.590. The minimum absolute atomic E-state index is 0.164. The highest BCUT2D eigenvalue weighted by Crippen LogP contribution is 2.33. The van der Waals surface area contributed by atoms with Gasteiger partial charge in [0.1, 0.15) is 5.75 Å². The molecule has 1 aliphatic rings. The number of fused-ring (bicyclic) bond motifs is 1. The Morgan fingerprint density at radius 1 is 0.968 bits per heavy atom. The van der Waals surface area contributed by atoms with Crippen LogP contribution >= 0.6 is 0 Å². The third kappa shape index (κ3) is 5.18. The van der Waals surface area contributed by atoms with Gasteiger partial charge in [-0.2, -0.15) is 0 Å². The number of hydrogen-bond acceptors (Lipinski definition) is 4. The highest BCUT2D eigenvalue weighted by atomic mass is 16.5. The summed E-state index contributed by atoms with van der Waals surface area (Å²) in [6, 6.07) is 23.3. The van der Waals surface area contributed by atoms with Crippen LogP contribution in [0.3, 0.4) is 0 Å². The van der Waals surface area contributed by atoms with Crippen molar-refractivity contribution in [3.8, 4) is 17.2 Å². The van der Waals surface area contributed by atoms with Gasteiger partial charge in [0.05, 0.1) is 31.9 Å². The lowest BCUT2D eigenvalue weighted by molar-refractivity contribution is 0.0931. The molecule has 1 heterocycles. The zero-order valence-electron chi connectivity index (χ0n) is 17.7. The standard InChI is InChI=1S/C26H27NO4/c1-29-23-11-6-5-10-21(23)26(28)27-22(14-12-19-8-3-2-4-9-19)20-13-15-24-25(18-20)31-17-7-16-30-24/h2-6,8-11,13,15,18,22H,7,12,14,16-17H2,1H3,(H,27,28). The number of ether oxygens (including phenoxy) is 3. The Hall–Kier alpha value is -3.47. The fraction of sp³-hybridized carbons (Fsp3) is 0.269. The first-order chi connectivity index (χ1) is 15.2. The minimum atomic E-state index is -0.185. The molecule has 5 nitrogen and oxygen atoms in total. The van der Waals surface area contributed by atoms with Crippen molar-refractivity contribution in [2.75, 3.05) is 20.3 Å². The number of aryl methyl sites for hydroxylation is 1. The minimum Gasteiger partial charge on any atom is -0.496 e. The van der Waals surface area contributed by atoms with Crippen molar-refractivity contribution in [3.63, 3.8) is 0 Å². The van der Waals surface area contributed by atoms with Crippen LogP contribution in [0.5, 0.6) is 17.2 Å². The average molecular weight is 418 g/mol. The molecule has 3 aromatic rings. The van der Waals surface area contributed by atoms with Gasteiger partial charge in [0.15, 0.2) is 11.5 Å². The van der Waals surface area contributed by atoms with Crippen molar-refractivity contribution >= 4 is 5.91 Å². The Labute approximate surface area is 183 Å². The molecule has 4 rings (SSSR count). The molecule has 0 saturated carbocycles. The van der Waals surface area contributed by atoms with Crippen LogP contribution in [0.2, 0.25) is 0 Å². The van der Waals surface area contributed by atoms with Crippen molar-refractivity contribution in [1.29, 1.82) is 0 Å². The Balaban J connectivity index is 1.59. The van der Waals surface area contributed by atoms with Crippen LogP contribution in [-0.2, 0) is 6.42 Å². The molecule has 1 atom stereocenters. The van der Waals surface area contributed by atoms with Crippen LogP contribution in [0.15, 0.2) is 72.8 Å². The first-order valence-corrected chi connectivity index (χ1v) is 10.6. The number of amides is 1. The van der Waals surface area contributed by atoms with E-state index in [9.17, 15) is 4.79 Å². The van der Waals surface area contributed by atoms with Gasteiger partial charge in [0.25, 0.3) is 5.91 Å². The molecule has 5 heteroatoms. The van der Waals surface area contributed by atoms with Crippen molar-refractivity contribution in [3.05, 3.63) is 89.5 Å². The second-order valence-corrected chi connectivity index (χ2v) is 7.51. The van der Waals surface area contributed by atoms with E-state index in [1.54, 1.807) is 19.2 Å². The number of hydrogen-bond donors (Lipinski definition) is 1. The van der Waals surface area contributed by atoms with Gasteiger partial charge in [-0.3, -0.25) is 4.79 Å². The van der Waals surface area contributed by atoms with E-state index in [0.717, 1.165) is 36.3 Å². The molecule has 0 fully saturated rings. The van der Waals surface area contributed by atoms with Gasteiger partial charge in [0, 0.05) is 6.42 Å². The number of methoxy groups -OCH3 is 1. The van der Waals surface area contributed by atoms with Gasteiger partial charge in [-0.15, -0.1) is 0 Å². The number of carbonyl (C=O) groups is 1. The smallest absolute Gasteiger partial charge is 0.255 e. The molecule has 0 spiro atoms. The van der Waals surface area contributed by atoms with Crippen LogP contribution in [-0.4, -0.2) is 26.2 Å². The first kappa shape index (κ1) is 20.8. The molecule has 31 heavy (non-hydrogen) atoms. The lowest BCUT2D eigenvalue weighted by atomic mass is 9.98. The highest BCUT2D eigenvalue weighted by molar-refractivity contribution is 5.97. The number of nitrogens with one attached hydrogen (secondary N) is 1. The average Bonchev–Trinajstić information content (AvgIpc) is 3.07. The maximum Gasteiger partial charge on any atom is 0.255 e. The fourth-order valence-electron chi connectivity index (χ4n) is 3.74. The summed E-state index contributed by atoms with van der Waals surface area (Å²) in [5.74, 6) is 1.87. The normalized spacial score (nSPS) is 13.7. The third-order valence-electron chi connectivity index (χ3n) is 5.40. The van der Waals surface area contributed by atoms with Gasteiger partial charge in [-0.25, -0.2) is 0 Å². The molecular weight excluding hydrogens is 390 g/mol. The molecule has 0 aliphatic carbocycles. The maximum absolute atomic E-state index is 13.1. The zero-order valence-corrected chi connectivity index (χ0v) is 17.7. The van der Waals surface area contributed by atoms with Gasteiger partial charge < -0.3 is 19.5 Å². The lowest BCUT2D eigenvalue weighted by Gasteiger charge is -2.21. The summed E-state index contributed by atoms with van der Waals surface area (Å²) in [7, 11) is 1.57. The number of carbonyl (C=O) groups excluding carboxylic acids is 1. The topological polar surface area (TPSA) is 56.8 Å². The Morgan fingerprint density at radius 2 is 1.71 bits per heavy atom. The summed E-state index contributed by atoms with van der Waals surface area (Å²) < 4.78 is 17.0. The van der Waals surface area contributed by atoms with E-state index < -0.39 is 0 Å². The van der Waals surface area contributed by atoms with Crippen LogP contribution in [0.25, 0.3) is 0 Å². The number of benzene rings is 3. The molecule has 3 aromatic carbocycles. The molecule has 0 aromatic heterocycles. The summed E-state index contributed by atoms with van der Waals surface area (Å²) >= 11 is 0. The Bertz CT molecular complexity index is 1020. The second-order valence-electron chi connectivity index (χ2n) is 7.51. The van der Waals surface area contributed by atoms with E-state index in [4.69, 9.17) is 14.2 Å². The maximum atomic E-state index is 13.1. The van der Waals surface area contributed by atoms with E-state index in [0.29, 0.717) is 24.5 Å². The van der Waals surface area contributed by atoms with Crippen LogP contribution in [0.1, 0.15) is 40.4 Å². The van der Waals surface area contributed by atoms with E-state index >= 15 is 0 Å². The highest BCUT2D eigenvalue weighted by Gasteiger charge is 2.21. The van der Waals surface area contributed by atoms with Gasteiger partial charge in [-0.05, 0) is 48.2 Å². The molecular formula is C26H27NO4. The summed E-state index contributed by atoms with van der Waals surface area (Å²) in [6.45, 7) is 1.27. The predicted octanol–water partition coefficient (Wildman–Crippen LogP) is 4.96. The third-order valence-corrected chi connectivity index (χ3v) is 5.40. The Morgan fingerprint density at radius 3 is 2.52 bits per heavy atom. The van der Waals surface area contributed by atoms with Crippen molar-refractivity contribution in [2.45, 2.75) is 25.3 Å². The van der Waals surface area contributed by atoms with Crippen LogP contribution < -0.4 is 19.5 Å². The van der Waals surface area contributed by atoms with Crippen LogP contribution in [0.4, 0.5) is 0 Å². The first-order valence-electron chi connectivity index (χ1n) is 10.6. The molecule has 1 N–H and O–H groups in total. The monoisotopic (exact) mass is 417 g/mol. The molecule has 0 saturated heterocycles. The molecule has 0 bridgehead atoms. The molecule has 1 unspecified atom stereocenters. The summed E-state index contributed by atoms with van der Waals surface area (Å²) in [5, 5.41) is 3.20. The van der Waals surface area contributed by atoms with Crippen LogP contribution in [0, 0.1) is 0 Å². The van der Waals surface area contributed by atoms with Crippen molar-refractivity contribution in [2.24, 2.45) is 0 Å². The molecule has 160 valence electrons. The van der Waals surface area contributed by atoms with Crippen molar-refractivity contribution in [1.82, 2.24) is 5.32 Å². The second kappa shape index (κ2) is 10.0. The largest absolute Gasteiger partial charge is 0.496 e. The van der Waals surface area contributed by atoms with Gasteiger partial charge in [0.2, 0.25) is 0 Å². The fourth-order valence-corrected chi connectivity index (χ4v) is 3.74. The lowest BCUT2D eigenvalue weighted by Crippen LogP contribution is -2.29. The number of para-hydroxylation sites is 1. The summed E-state index contributed by atoms with van der Waals surface area (Å²) in [5.41, 5.74) is 2.74.